The molecule has 2 aliphatic heterocycles. The van der Waals surface area contributed by atoms with Crippen molar-refractivity contribution in [2.45, 2.75) is 43.6 Å². The van der Waals surface area contributed by atoms with Crippen LogP contribution in [0.25, 0.3) is 0 Å². The Morgan fingerprint density at radius 3 is 2.53 bits per heavy atom. The Labute approximate surface area is 175 Å². The van der Waals surface area contributed by atoms with Crippen LogP contribution in [0.15, 0.2) is 48.5 Å². The highest BCUT2D eigenvalue weighted by Gasteiger charge is 2.48. The highest BCUT2D eigenvalue weighted by Crippen LogP contribution is 2.37. The lowest BCUT2D eigenvalue weighted by Gasteiger charge is -2.51. The molecular formula is C23H26FNO5. The number of morpholine rings is 1. The molecule has 6 nitrogen and oxygen atoms in total. The maximum Gasteiger partial charge on any atom is 0.410 e. The molecule has 2 unspecified atom stereocenters. The van der Waals surface area contributed by atoms with Gasteiger partial charge in [-0.25, -0.2) is 9.18 Å². The molecule has 2 aliphatic rings. The van der Waals surface area contributed by atoms with Gasteiger partial charge in [0.25, 0.3) is 0 Å². The summed E-state index contributed by atoms with van der Waals surface area (Å²) in [6, 6.07) is 13.4. The molecule has 4 rings (SSSR count). The van der Waals surface area contributed by atoms with E-state index in [4.69, 9.17) is 14.2 Å². The molecule has 2 atom stereocenters. The number of ether oxygens (including phenoxy) is 3. The van der Waals surface area contributed by atoms with Crippen molar-refractivity contribution in [3.8, 4) is 5.75 Å². The number of aliphatic hydroxyl groups is 1. The molecule has 0 aliphatic carbocycles. The Hall–Kier alpha value is -2.64. The van der Waals surface area contributed by atoms with Crippen LogP contribution in [-0.2, 0) is 22.5 Å². The van der Waals surface area contributed by atoms with E-state index in [2.05, 4.69) is 0 Å². The zero-order valence-corrected chi connectivity index (χ0v) is 16.9. The number of piperidine rings is 1. The highest BCUT2D eigenvalue weighted by molar-refractivity contribution is 5.69. The fourth-order valence-corrected chi connectivity index (χ4v) is 4.53. The number of hydrogen-bond donors (Lipinski definition) is 1. The molecule has 0 saturated carbocycles. The SMILES string of the molecule is COc1cc(F)cc(CC2(O)CC3COCC(C2)N3C(=O)OCc2ccccc2)c1. The predicted octanol–water partition coefficient (Wildman–Crippen LogP) is 3.31. The van der Waals surface area contributed by atoms with E-state index in [-0.39, 0.29) is 25.1 Å². The number of benzene rings is 2. The van der Waals surface area contributed by atoms with Crippen molar-refractivity contribution in [3.63, 3.8) is 0 Å². The lowest BCUT2D eigenvalue weighted by Crippen LogP contribution is -2.64. The van der Waals surface area contributed by atoms with E-state index < -0.39 is 17.5 Å². The smallest absolute Gasteiger partial charge is 0.410 e. The molecule has 1 amide bonds. The Bertz CT molecular complexity index is 876. The first-order chi connectivity index (χ1) is 14.5. The summed E-state index contributed by atoms with van der Waals surface area (Å²) in [5.41, 5.74) is 0.517. The number of carbonyl (C=O) groups excluding carboxylic acids is 1. The first kappa shape index (κ1) is 20.6. The summed E-state index contributed by atoms with van der Waals surface area (Å²) in [6.07, 6.45) is 0.554. The third-order valence-electron chi connectivity index (χ3n) is 5.75. The van der Waals surface area contributed by atoms with Gasteiger partial charge in [0.15, 0.2) is 0 Å². The number of hydrogen-bond acceptors (Lipinski definition) is 5. The van der Waals surface area contributed by atoms with Gasteiger partial charge in [0, 0.05) is 12.5 Å². The molecule has 160 valence electrons. The third kappa shape index (κ3) is 4.57. The van der Waals surface area contributed by atoms with Crippen molar-refractivity contribution in [3.05, 3.63) is 65.5 Å². The van der Waals surface area contributed by atoms with Crippen molar-refractivity contribution in [2.75, 3.05) is 20.3 Å². The van der Waals surface area contributed by atoms with E-state index in [0.717, 1.165) is 5.56 Å². The van der Waals surface area contributed by atoms with Crippen molar-refractivity contribution in [1.29, 1.82) is 0 Å². The van der Waals surface area contributed by atoms with Crippen molar-refractivity contribution < 1.29 is 28.5 Å². The maximum atomic E-state index is 13.9. The van der Waals surface area contributed by atoms with Crippen LogP contribution >= 0.6 is 0 Å². The Morgan fingerprint density at radius 1 is 1.17 bits per heavy atom. The third-order valence-corrected chi connectivity index (χ3v) is 5.75. The largest absolute Gasteiger partial charge is 0.497 e. The number of fused-ring (bicyclic) bond motifs is 2. The minimum atomic E-state index is -1.06. The van der Waals surface area contributed by atoms with Gasteiger partial charge in [-0.3, -0.25) is 4.90 Å². The molecule has 2 fully saturated rings. The summed E-state index contributed by atoms with van der Waals surface area (Å²) in [6.45, 7) is 0.876. The molecular weight excluding hydrogens is 389 g/mol. The zero-order chi connectivity index (χ0) is 21.1. The van der Waals surface area contributed by atoms with Gasteiger partial charge in [-0.15, -0.1) is 0 Å². The van der Waals surface area contributed by atoms with Gasteiger partial charge in [0.05, 0.1) is 38.0 Å². The number of halogens is 1. The summed E-state index contributed by atoms with van der Waals surface area (Å²) in [7, 11) is 1.48. The number of methoxy groups -OCH3 is 1. The number of carbonyl (C=O) groups is 1. The van der Waals surface area contributed by atoms with Gasteiger partial charge in [0.1, 0.15) is 18.2 Å². The predicted molar refractivity (Wildman–Crippen MR) is 108 cm³/mol. The molecule has 30 heavy (non-hydrogen) atoms. The second kappa shape index (κ2) is 8.62. The molecule has 0 spiro atoms. The maximum absolute atomic E-state index is 13.9. The van der Waals surface area contributed by atoms with Crippen LogP contribution in [0.2, 0.25) is 0 Å². The fourth-order valence-electron chi connectivity index (χ4n) is 4.53. The van der Waals surface area contributed by atoms with Gasteiger partial charge < -0.3 is 19.3 Å². The molecule has 2 saturated heterocycles. The van der Waals surface area contributed by atoms with Crippen LogP contribution in [0.4, 0.5) is 9.18 Å². The van der Waals surface area contributed by atoms with E-state index in [1.165, 1.54) is 19.2 Å². The Balaban J connectivity index is 1.45. The van der Waals surface area contributed by atoms with E-state index in [1.54, 1.807) is 11.0 Å². The number of amides is 1. The van der Waals surface area contributed by atoms with Crippen LogP contribution in [0, 0.1) is 5.82 Å². The normalized spacial score (nSPS) is 25.6. The van der Waals surface area contributed by atoms with Gasteiger partial charge in [-0.2, -0.15) is 0 Å². The Morgan fingerprint density at radius 2 is 1.87 bits per heavy atom. The van der Waals surface area contributed by atoms with E-state index in [0.29, 0.717) is 37.4 Å². The minimum absolute atomic E-state index is 0.198. The Kier molecular flexibility index (Phi) is 5.92. The first-order valence-corrected chi connectivity index (χ1v) is 10.1. The van der Waals surface area contributed by atoms with Crippen LogP contribution in [0.3, 0.4) is 0 Å². The fraction of sp³-hybridized carbons (Fsp3) is 0.435. The lowest BCUT2D eigenvalue weighted by atomic mass is 9.77. The zero-order valence-electron chi connectivity index (χ0n) is 16.9. The molecule has 2 bridgehead atoms. The number of nitrogens with zero attached hydrogens (tertiary/aromatic N) is 1. The summed E-state index contributed by atoms with van der Waals surface area (Å²) < 4.78 is 30.2. The van der Waals surface area contributed by atoms with E-state index in [1.807, 2.05) is 30.3 Å². The standard InChI is InChI=1S/C23H26FNO5/c1-28-21-8-17(7-18(24)9-21)10-23(27)11-19-14-29-15-20(12-23)25(19)22(26)30-13-16-5-3-2-4-6-16/h2-9,19-20,27H,10-15H2,1H3. The monoisotopic (exact) mass is 415 g/mol. The van der Waals surface area contributed by atoms with Crippen LogP contribution < -0.4 is 4.74 Å². The lowest BCUT2D eigenvalue weighted by molar-refractivity contribution is -0.132. The van der Waals surface area contributed by atoms with Gasteiger partial charge >= 0.3 is 6.09 Å². The topological polar surface area (TPSA) is 68.2 Å². The molecule has 0 aromatic heterocycles. The summed E-state index contributed by atoms with van der Waals surface area (Å²) in [5.74, 6) is 0.0115. The molecule has 2 aromatic carbocycles. The minimum Gasteiger partial charge on any atom is -0.497 e. The molecule has 2 aromatic rings. The average Bonchev–Trinajstić information content (AvgIpc) is 2.71. The average molecular weight is 415 g/mol. The first-order valence-electron chi connectivity index (χ1n) is 10.1. The van der Waals surface area contributed by atoms with Crippen LogP contribution in [0.5, 0.6) is 5.75 Å². The molecule has 7 heteroatoms. The van der Waals surface area contributed by atoms with Crippen molar-refractivity contribution in [1.82, 2.24) is 4.90 Å². The number of rotatable bonds is 5. The van der Waals surface area contributed by atoms with Gasteiger partial charge in [0.2, 0.25) is 0 Å². The van der Waals surface area contributed by atoms with Crippen molar-refractivity contribution in [2.24, 2.45) is 0 Å². The molecule has 1 N–H and O–H groups in total. The summed E-state index contributed by atoms with van der Waals surface area (Å²) >= 11 is 0. The second-order valence-corrected chi connectivity index (χ2v) is 8.10. The van der Waals surface area contributed by atoms with Crippen molar-refractivity contribution >= 4 is 6.09 Å². The summed E-state index contributed by atoms with van der Waals surface area (Å²) in [5, 5.41) is 11.3. The van der Waals surface area contributed by atoms with E-state index in [9.17, 15) is 14.3 Å². The molecule has 2 heterocycles. The van der Waals surface area contributed by atoms with Crippen LogP contribution in [0.1, 0.15) is 24.0 Å². The van der Waals surface area contributed by atoms with Gasteiger partial charge in [-0.1, -0.05) is 30.3 Å². The second-order valence-electron chi connectivity index (χ2n) is 8.10. The highest BCUT2D eigenvalue weighted by atomic mass is 19.1. The summed E-state index contributed by atoms with van der Waals surface area (Å²) in [4.78, 5) is 14.5. The van der Waals surface area contributed by atoms with E-state index >= 15 is 0 Å². The quantitative estimate of drug-likeness (QED) is 0.812. The van der Waals surface area contributed by atoms with Gasteiger partial charge in [-0.05, 0) is 36.1 Å². The molecule has 0 radical (unpaired) electrons. The van der Waals surface area contributed by atoms with Crippen LogP contribution in [-0.4, -0.2) is 54.1 Å².